The summed E-state index contributed by atoms with van der Waals surface area (Å²) in [5.41, 5.74) is 4.50. The number of carbonyl (C=O) groups is 1. The lowest BCUT2D eigenvalue weighted by atomic mass is 10.1. The molecule has 34 heavy (non-hydrogen) atoms. The van der Waals surface area contributed by atoms with Gasteiger partial charge >= 0.3 is 0 Å². The van der Waals surface area contributed by atoms with Crippen molar-refractivity contribution in [2.24, 2.45) is 0 Å². The van der Waals surface area contributed by atoms with Crippen LogP contribution < -0.4 is 5.32 Å². The predicted molar refractivity (Wildman–Crippen MR) is 134 cm³/mol. The lowest BCUT2D eigenvalue weighted by molar-refractivity contribution is 0.102. The molecule has 0 atom stereocenters. The van der Waals surface area contributed by atoms with Crippen LogP contribution >= 0.6 is 0 Å². The Morgan fingerprint density at radius 3 is 2.29 bits per heavy atom. The zero-order valence-corrected chi connectivity index (χ0v) is 20.9. The minimum absolute atomic E-state index is 0.172. The highest BCUT2D eigenvalue weighted by molar-refractivity contribution is 7.89. The number of anilines is 1. The first-order chi connectivity index (χ1) is 16.3. The second-order valence-electron chi connectivity index (χ2n) is 9.00. The number of sulfonamides is 1. The molecule has 0 aliphatic carbocycles. The summed E-state index contributed by atoms with van der Waals surface area (Å²) in [6.07, 6.45) is 3.94. The van der Waals surface area contributed by atoms with Crippen LogP contribution in [0.1, 0.15) is 58.6 Å². The van der Waals surface area contributed by atoms with Gasteiger partial charge in [-0.05, 0) is 69.0 Å². The van der Waals surface area contributed by atoms with Crippen LogP contribution in [0.25, 0.3) is 0 Å². The second-order valence-corrected chi connectivity index (χ2v) is 10.9. The average molecular weight is 481 g/mol. The van der Waals surface area contributed by atoms with Gasteiger partial charge in [-0.15, -0.1) is 0 Å². The number of hydrogen-bond acceptors (Lipinski definition) is 4. The Bertz CT molecular complexity index is 1270. The monoisotopic (exact) mass is 480 g/mol. The number of aromatic nitrogens is 2. The van der Waals surface area contributed by atoms with E-state index in [1.165, 1.54) is 0 Å². The molecule has 1 N–H and O–H groups in total. The standard InChI is InChI=1S/C26H32N4O3S/c1-19-9-8-10-24(17-19)27-26(31)23-13-11-22(12-14-23)18-30-21(3)25(20(2)28-30)34(32,33)29-15-6-4-5-7-16-29/h8-14,17H,4-7,15-16,18H2,1-3H3,(H,27,31). The van der Waals surface area contributed by atoms with Gasteiger partial charge in [0.05, 0.1) is 17.9 Å². The molecule has 1 aliphatic heterocycles. The van der Waals surface area contributed by atoms with Crippen LogP contribution in [0, 0.1) is 20.8 Å². The van der Waals surface area contributed by atoms with E-state index in [0.29, 0.717) is 41.5 Å². The second kappa shape index (κ2) is 10.1. The highest BCUT2D eigenvalue weighted by Crippen LogP contribution is 2.26. The van der Waals surface area contributed by atoms with E-state index in [9.17, 15) is 13.2 Å². The Labute approximate surface area is 201 Å². The molecule has 0 spiro atoms. The largest absolute Gasteiger partial charge is 0.322 e. The highest BCUT2D eigenvalue weighted by Gasteiger charge is 2.31. The van der Waals surface area contributed by atoms with Gasteiger partial charge in [0.15, 0.2) is 0 Å². The van der Waals surface area contributed by atoms with Crippen molar-refractivity contribution in [3.63, 3.8) is 0 Å². The average Bonchev–Trinajstić information content (AvgIpc) is 2.98. The maximum Gasteiger partial charge on any atom is 0.255 e. The van der Waals surface area contributed by atoms with Crippen molar-refractivity contribution in [1.29, 1.82) is 0 Å². The molecule has 1 amide bonds. The SMILES string of the molecule is Cc1cccc(NC(=O)c2ccc(Cn3nc(C)c(S(=O)(=O)N4CCCCCC4)c3C)cc2)c1. The number of amides is 1. The summed E-state index contributed by atoms with van der Waals surface area (Å²) in [5, 5.41) is 7.46. The molecule has 1 aliphatic rings. The van der Waals surface area contributed by atoms with Crippen LogP contribution in [0.15, 0.2) is 53.4 Å². The van der Waals surface area contributed by atoms with Crippen molar-refractivity contribution in [3.8, 4) is 0 Å². The molecule has 0 bridgehead atoms. The Morgan fingerprint density at radius 2 is 1.65 bits per heavy atom. The summed E-state index contributed by atoms with van der Waals surface area (Å²) in [6.45, 7) is 7.12. The van der Waals surface area contributed by atoms with Crippen molar-refractivity contribution in [1.82, 2.24) is 14.1 Å². The predicted octanol–water partition coefficient (Wildman–Crippen LogP) is 4.67. The fraction of sp³-hybridized carbons (Fsp3) is 0.385. The van der Waals surface area contributed by atoms with Crippen LogP contribution in [0.4, 0.5) is 5.69 Å². The summed E-state index contributed by atoms with van der Waals surface area (Å²) in [4.78, 5) is 12.9. The summed E-state index contributed by atoms with van der Waals surface area (Å²) >= 11 is 0. The number of hydrogen-bond donors (Lipinski definition) is 1. The molecular weight excluding hydrogens is 448 g/mol. The van der Waals surface area contributed by atoms with E-state index in [1.807, 2.05) is 50.2 Å². The first kappa shape index (κ1) is 24.2. The molecule has 4 rings (SSSR count). The van der Waals surface area contributed by atoms with Crippen LogP contribution in [0.5, 0.6) is 0 Å². The quantitative estimate of drug-likeness (QED) is 0.556. The number of rotatable bonds is 6. The topological polar surface area (TPSA) is 84.3 Å². The number of nitrogens with one attached hydrogen (secondary N) is 1. The van der Waals surface area contributed by atoms with E-state index < -0.39 is 10.0 Å². The zero-order chi connectivity index (χ0) is 24.3. The van der Waals surface area contributed by atoms with Gasteiger partial charge in [-0.1, -0.05) is 37.1 Å². The van der Waals surface area contributed by atoms with E-state index in [-0.39, 0.29) is 5.91 Å². The molecule has 8 heteroatoms. The minimum atomic E-state index is -3.57. The van der Waals surface area contributed by atoms with Crippen molar-refractivity contribution in [2.45, 2.75) is 57.9 Å². The van der Waals surface area contributed by atoms with Gasteiger partial charge in [-0.2, -0.15) is 9.40 Å². The Hall–Kier alpha value is -2.97. The molecule has 0 unspecified atom stereocenters. The smallest absolute Gasteiger partial charge is 0.255 e. The number of benzene rings is 2. The number of carbonyl (C=O) groups excluding carboxylic acids is 1. The fourth-order valence-corrected chi connectivity index (χ4v) is 6.37. The fourth-order valence-electron chi connectivity index (χ4n) is 4.48. The first-order valence-electron chi connectivity index (χ1n) is 11.8. The van der Waals surface area contributed by atoms with Crippen molar-refractivity contribution in [2.75, 3.05) is 18.4 Å². The molecule has 180 valence electrons. The van der Waals surface area contributed by atoms with E-state index in [4.69, 9.17) is 0 Å². The lowest BCUT2D eigenvalue weighted by Gasteiger charge is -2.20. The van der Waals surface area contributed by atoms with E-state index >= 15 is 0 Å². The van der Waals surface area contributed by atoms with Gasteiger partial charge in [0, 0.05) is 24.3 Å². The highest BCUT2D eigenvalue weighted by atomic mass is 32.2. The van der Waals surface area contributed by atoms with E-state index in [2.05, 4.69) is 10.4 Å². The van der Waals surface area contributed by atoms with Crippen molar-refractivity contribution >= 4 is 21.6 Å². The Kier molecular flexibility index (Phi) is 7.19. The summed E-state index contributed by atoms with van der Waals surface area (Å²) in [7, 11) is -3.57. The third-order valence-electron chi connectivity index (χ3n) is 6.30. The van der Waals surface area contributed by atoms with Gasteiger partial charge in [0.25, 0.3) is 5.91 Å². The third-order valence-corrected chi connectivity index (χ3v) is 8.45. The van der Waals surface area contributed by atoms with Gasteiger partial charge in [-0.25, -0.2) is 8.42 Å². The minimum Gasteiger partial charge on any atom is -0.322 e. The Balaban J connectivity index is 1.49. The molecule has 2 aromatic carbocycles. The summed E-state index contributed by atoms with van der Waals surface area (Å²) in [6, 6.07) is 15.0. The third kappa shape index (κ3) is 5.23. The van der Waals surface area contributed by atoms with Crippen molar-refractivity contribution < 1.29 is 13.2 Å². The van der Waals surface area contributed by atoms with Gasteiger partial charge in [-0.3, -0.25) is 9.48 Å². The lowest BCUT2D eigenvalue weighted by Crippen LogP contribution is -2.32. The normalized spacial score (nSPS) is 15.1. The molecule has 1 saturated heterocycles. The molecule has 1 aromatic heterocycles. The molecule has 0 saturated carbocycles. The molecular formula is C26H32N4O3S. The van der Waals surface area contributed by atoms with Gasteiger partial charge in [0.1, 0.15) is 4.90 Å². The van der Waals surface area contributed by atoms with Crippen LogP contribution in [0.2, 0.25) is 0 Å². The molecule has 1 fully saturated rings. The summed E-state index contributed by atoms with van der Waals surface area (Å²) < 4.78 is 30.1. The van der Waals surface area contributed by atoms with Gasteiger partial charge in [0.2, 0.25) is 10.0 Å². The van der Waals surface area contributed by atoms with Crippen LogP contribution in [0.3, 0.4) is 0 Å². The van der Waals surface area contributed by atoms with Gasteiger partial charge < -0.3 is 5.32 Å². The number of nitrogens with zero attached hydrogens (tertiary/aromatic N) is 3. The van der Waals surface area contributed by atoms with Crippen LogP contribution in [-0.4, -0.2) is 41.5 Å². The van der Waals surface area contributed by atoms with E-state index in [1.54, 1.807) is 28.0 Å². The summed E-state index contributed by atoms with van der Waals surface area (Å²) in [5.74, 6) is -0.172. The zero-order valence-electron chi connectivity index (χ0n) is 20.0. The number of aryl methyl sites for hydroxylation is 2. The molecule has 0 radical (unpaired) electrons. The molecule has 2 heterocycles. The molecule has 7 nitrogen and oxygen atoms in total. The first-order valence-corrected chi connectivity index (χ1v) is 13.2. The van der Waals surface area contributed by atoms with Crippen LogP contribution in [-0.2, 0) is 16.6 Å². The van der Waals surface area contributed by atoms with E-state index in [0.717, 1.165) is 42.5 Å². The maximum absolute atomic E-state index is 13.4. The molecule has 3 aromatic rings. The Morgan fingerprint density at radius 1 is 0.971 bits per heavy atom. The maximum atomic E-state index is 13.4. The van der Waals surface area contributed by atoms with Crippen molar-refractivity contribution in [3.05, 3.63) is 76.6 Å².